The fourth-order valence-electron chi connectivity index (χ4n) is 2.74. The molecule has 0 radical (unpaired) electrons. The Kier molecular flexibility index (Phi) is 4.79. The second-order valence-corrected chi connectivity index (χ2v) is 5.95. The molecule has 0 aliphatic rings. The van der Waals surface area contributed by atoms with Crippen LogP contribution in [0.4, 0.5) is 0 Å². The van der Waals surface area contributed by atoms with Crippen LogP contribution in [0.1, 0.15) is 40.1 Å². The number of hydrogen-bond acceptors (Lipinski definition) is 5. The molecule has 0 saturated carbocycles. The molecule has 6 heteroatoms. The van der Waals surface area contributed by atoms with E-state index in [0.717, 1.165) is 11.1 Å². The molecule has 3 rings (SSSR count). The predicted molar refractivity (Wildman–Crippen MR) is 94.9 cm³/mol. The van der Waals surface area contributed by atoms with Gasteiger partial charge in [0.15, 0.2) is 0 Å². The number of nitrogens with zero attached hydrogens (tertiary/aromatic N) is 4. The summed E-state index contributed by atoms with van der Waals surface area (Å²) in [4.78, 5) is 29.7. The number of aromatic nitrogens is 4. The molecule has 0 spiro atoms. The number of carbonyl (C=O) groups is 1. The van der Waals surface area contributed by atoms with Crippen molar-refractivity contribution in [1.29, 1.82) is 0 Å². The van der Waals surface area contributed by atoms with Crippen molar-refractivity contribution in [3.8, 4) is 11.4 Å². The van der Waals surface area contributed by atoms with Crippen molar-refractivity contribution in [2.75, 3.05) is 0 Å². The van der Waals surface area contributed by atoms with Gasteiger partial charge >= 0.3 is 0 Å². The summed E-state index contributed by atoms with van der Waals surface area (Å²) in [5.74, 6) is -0.143. The lowest BCUT2D eigenvalue weighted by Gasteiger charge is -2.16. The molecule has 1 atom stereocenters. The van der Waals surface area contributed by atoms with Crippen LogP contribution in [0.25, 0.3) is 11.4 Å². The molecule has 0 fully saturated rings. The maximum absolute atomic E-state index is 12.6. The van der Waals surface area contributed by atoms with Crippen LogP contribution in [0.2, 0.25) is 0 Å². The van der Waals surface area contributed by atoms with Gasteiger partial charge < -0.3 is 5.32 Å². The average molecular weight is 333 g/mol. The van der Waals surface area contributed by atoms with E-state index in [2.05, 4.69) is 25.3 Å². The molecule has 1 unspecified atom stereocenters. The summed E-state index contributed by atoms with van der Waals surface area (Å²) < 4.78 is 0. The number of hydrogen-bond donors (Lipinski definition) is 1. The molecule has 0 aliphatic carbocycles. The Bertz CT molecular complexity index is 875. The fourth-order valence-corrected chi connectivity index (χ4v) is 2.74. The number of benzene rings is 1. The second kappa shape index (κ2) is 7.17. The number of aryl methyl sites for hydroxylation is 2. The topological polar surface area (TPSA) is 80.7 Å². The van der Waals surface area contributed by atoms with Gasteiger partial charge in [-0.2, -0.15) is 0 Å². The lowest BCUT2D eigenvalue weighted by atomic mass is 10.1. The first-order chi connectivity index (χ1) is 12.0. The second-order valence-electron chi connectivity index (χ2n) is 5.95. The predicted octanol–water partition coefficient (Wildman–Crippen LogP) is 3.04. The maximum atomic E-state index is 12.6. The van der Waals surface area contributed by atoms with Crippen LogP contribution in [-0.4, -0.2) is 25.8 Å². The zero-order valence-corrected chi connectivity index (χ0v) is 14.4. The SMILES string of the molecule is Cc1cc(C)cc(C(=O)NC(C)c2nccnc2-c2cnccn2)c1. The van der Waals surface area contributed by atoms with E-state index in [-0.39, 0.29) is 11.9 Å². The largest absolute Gasteiger partial charge is 0.344 e. The van der Waals surface area contributed by atoms with Gasteiger partial charge in [0.1, 0.15) is 11.4 Å². The molecule has 0 aliphatic heterocycles. The van der Waals surface area contributed by atoms with E-state index >= 15 is 0 Å². The van der Waals surface area contributed by atoms with E-state index in [0.29, 0.717) is 22.6 Å². The Hall–Kier alpha value is -3.15. The van der Waals surface area contributed by atoms with Crippen molar-refractivity contribution < 1.29 is 4.79 Å². The summed E-state index contributed by atoms with van der Waals surface area (Å²) in [5.41, 5.74) is 4.63. The summed E-state index contributed by atoms with van der Waals surface area (Å²) in [5, 5.41) is 2.99. The van der Waals surface area contributed by atoms with Crippen LogP contribution in [0.15, 0.2) is 49.2 Å². The third kappa shape index (κ3) is 3.85. The van der Waals surface area contributed by atoms with Crippen LogP contribution < -0.4 is 5.32 Å². The third-order valence-electron chi connectivity index (χ3n) is 3.77. The van der Waals surface area contributed by atoms with Crippen LogP contribution in [0.5, 0.6) is 0 Å². The average Bonchev–Trinajstić information content (AvgIpc) is 2.61. The van der Waals surface area contributed by atoms with Crippen molar-refractivity contribution >= 4 is 5.91 Å². The van der Waals surface area contributed by atoms with E-state index < -0.39 is 0 Å². The Morgan fingerprint density at radius 1 is 0.960 bits per heavy atom. The molecule has 6 nitrogen and oxygen atoms in total. The van der Waals surface area contributed by atoms with Crippen molar-refractivity contribution in [2.45, 2.75) is 26.8 Å². The summed E-state index contributed by atoms with van der Waals surface area (Å²) in [7, 11) is 0. The molecule has 0 saturated heterocycles. The van der Waals surface area contributed by atoms with Gasteiger partial charge in [0.2, 0.25) is 0 Å². The van der Waals surface area contributed by atoms with Gasteiger partial charge in [0.05, 0.1) is 17.9 Å². The fraction of sp³-hybridized carbons (Fsp3) is 0.211. The molecular formula is C19H19N5O. The van der Waals surface area contributed by atoms with Gasteiger partial charge in [-0.1, -0.05) is 17.2 Å². The number of nitrogens with one attached hydrogen (secondary N) is 1. The van der Waals surface area contributed by atoms with E-state index in [1.54, 1.807) is 31.0 Å². The lowest BCUT2D eigenvalue weighted by molar-refractivity contribution is 0.0939. The molecule has 3 aromatic rings. The van der Waals surface area contributed by atoms with E-state index in [1.807, 2.05) is 39.0 Å². The monoisotopic (exact) mass is 333 g/mol. The number of carbonyl (C=O) groups excluding carboxylic acids is 1. The molecule has 1 aromatic carbocycles. The van der Waals surface area contributed by atoms with Gasteiger partial charge in [-0.15, -0.1) is 0 Å². The van der Waals surface area contributed by atoms with Crippen molar-refractivity contribution in [2.24, 2.45) is 0 Å². The highest BCUT2D eigenvalue weighted by molar-refractivity contribution is 5.94. The van der Waals surface area contributed by atoms with Crippen LogP contribution >= 0.6 is 0 Å². The van der Waals surface area contributed by atoms with Crippen molar-refractivity contribution in [1.82, 2.24) is 25.3 Å². The first-order valence-electron chi connectivity index (χ1n) is 8.01. The van der Waals surface area contributed by atoms with E-state index in [1.165, 1.54) is 0 Å². The van der Waals surface area contributed by atoms with E-state index in [9.17, 15) is 4.79 Å². The minimum Gasteiger partial charge on any atom is -0.344 e. The zero-order valence-electron chi connectivity index (χ0n) is 14.4. The molecule has 1 amide bonds. The third-order valence-corrected chi connectivity index (χ3v) is 3.77. The molecule has 126 valence electrons. The zero-order chi connectivity index (χ0) is 17.8. The van der Waals surface area contributed by atoms with Gasteiger partial charge in [0.25, 0.3) is 5.91 Å². The Labute approximate surface area is 146 Å². The highest BCUT2D eigenvalue weighted by Crippen LogP contribution is 2.22. The Morgan fingerprint density at radius 2 is 1.64 bits per heavy atom. The summed E-state index contributed by atoms with van der Waals surface area (Å²) in [6.07, 6.45) is 8.05. The van der Waals surface area contributed by atoms with Crippen molar-refractivity contribution in [3.63, 3.8) is 0 Å². The van der Waals surface area contributed by atoms with Gasteiger partial charge in [0, 0.05) is 30.4 Å². The lowest BCUT2D eigenvalue weighted by Crippen LogP contribution is -2.28. The Morgan fingerprint density at radius 3 is 2.32 bits per heavy atom. The summed E-state index contributed by atoms with van der Waals surface area (Å²) in [6.45, 7) is 5.83. The maximum Gasteiger partial charge on any atom is 0.251 e. The highest BCUT2D eigenvalue weighted by Gasteiger charge is 2.18. The standard InChI is InChI=1S/C19H19N5O/c1-12-8-13(2)10-15(9-12)19(25)24-14(3)17-18(23-7-6-22-17)16-11-20-4-5-21-16/h4-11,14H,1-3H3,(H,24,25). The first-order valence-corrected chi connectivity index (χ1v) is 8.01. The molecule has 0 bridgehead atoms. The molecule has 25 heavy (non-hydrogen) atoms. The summed E-state index contributed by atoms with van der Waals surface area (Å²) in [6, 6.07) is 5.46. The molecular weight excluding hydrogens is 314 g/mol. The van der Waals surface area contributed by atoms with Crippen molar-refractivity contribution in [3.05, 3.63) is 71.6 Å². The molecule has 2 heterocycles. The van der Waals surface area contributed by atoms with Crippen LogP contribution in [-0.2, 0) is 0 Å². The van der Waals surface area contributed by atoms with E-state index in [4.69, 9.17) is 0 Å². The number of amides is 1. The molecule has 1 N–H and O–H groups in total. The highest BCUT2D eigenvalue weighted by atomic mass is 16.1. The smallest absolute Gasteiger partial charge is 0.251 e. The molecule has 2 aromatic heterocycles. The van der Waals surface area contributed by atoms with Crippen LogP contribution in [0, 0.1) is 13.8 Å². The quantitative estimate of drug-likeness (QED) is 0.794. The number of rotatable bonds is 4. The van der Waals surface area contributed by atoms with Gasteiger partial charge in [-0.25, -0.2) is 0 Å². The minimum atomic E-state index is -0.320. The minimum absolute atomic E-state index is 0.143. The Balaban J connectivity index is 1.87. The van der Waals surface area contributed by atoms with Gasteiger partial charge in [-0.05, 0) is 32.9 Å². The first kappa shape index (κ1) is 16.7. The normalized spacial score (nSPS) is 11.8. The summed E-state index contributed by atoms with van der Waals surface area (Å²) >= 11 is 0. The van der Waals surface area contributed by atoms with Gasteiger partial charge in [-0.3, -0.25) is 24.7 Å². The van der Waals surface area contributed by atoms with Crippen LogP contribution in [0.3, 0.4) is 0 Å².